The van der Waals surface area contributed by atoms with E-state index in [0.29, 0.717) is 24.5 Å². The molecule has 148 valence electrons. The minimum Gasteiger partial charge on any atom is -0.490 e. The first-order chi connectivity index (χ1) is 13.3. The van der Waals surface area contributed by atoms with Gasteiger partial charge in [0, 0.05) is 43.6 Å². The van der Waals surface area contributed by atoms with Gasteiger partial charge in [0.1, 0.15) is 0 Å². The molecular weight excluding hydrogens is 340 g/mol. The molecule has 0 unspecified atom stereocenters. The average molecular weight is 373 g/mol. The summed E-state index contributed by atoms with van der Waals surface area (Å²) in [6.07, 6.45) is 8.93. The zero-order valence-corrected chi connectivity index (χ0v) is 16.3. The third-order valence-electron chi connectivity index (χ3n) is 6.20. The summed E-state index contributed by atoms with van der Waals surface area (Å²) in [7, 11) is 0. The number of piperidine rings is 1. The Morgan fingerprint density at radius 1 is 1.00 bits per heavy atom. The van der Waals surface area contributed by atoms with Crippen LogP contribution in [0.2, 0.25) is 0 Å². The Morgan fingerprint density at radius 3 is 2.59 bits per heavy atom. The highest BCUT2D eigenvalue weighted by molar-refractivity contribution is 5.79. The number of benzene rings is 1. The molecule has 1 aliphatic carbocycles. The summed E-state index contributed by atoms with van der Waals surface area (Å²) in [5, 5.41) is 3.67. The Kier molecular flexibility index (Phi) is 6.17. The molecule has 1 aromatic carbocycles. The number of nitrogens with one attached hydrogen (secondary N) is 1. The van der Waals surface area contributed by atoms with Crippen LogP contribution in [0.1, 0.15) is 56.9 Å². The standard InChI is InChI=1S/C22H32N2O3/c25-22(17-6-2-1-3-7-17)24-12-10-19(11-13-24)23-16-18-8-4-9-20-21(18)27-15-5-14-26-20/h4,8-9,17,19,23H,1-3,5-7,10-16H2. The van der Waals surface area contributed by atoms with E-state index in [0.717, 1.165) is 75.4 Å². The summed E-state index contributed by atoms with van der Waals surface area (Å²) in [6.45, 7) is 4.00. The minimum absolute atomic E-state index is 0.292. The van der Waals surface area contributed by atoms with Crippen molar-refractivity contribution in [2.45, 2.75) is 64.0 Å². The number of nitrogens with zero attached hydrogens (tertiary/aromatic N) is 1. The molecule has 1 saturated carbocycles. The highest BCUT2D eigenvalue weighted by atomic mass is 16.5. The molecule has 5 heteroatoms. The molecule has 27 heavy (non-hydrogen) atoms. The Morgan fingerprint density at radius 2 is 1.78 bits per heavy atom. The van der Waals surface area contributed by atoms with Crippen LogP contribution in [0.5, 0.6) is 11.5 Å². The lowest BCUT2D eigenvalue weighted by Gasteiger charge is -2.35. The predicted octanol–water partition coefficient (Wildman–Crippen LogP) is 3.51. The summed E-state index contributed by atoms with van der Waals surface area (Å²) in [5.41, 5.74) is 1.16. The van der Waals surface area contributed by atoms with Crippen LogP contribution in [-0.2, 0) is 11.3 Å². The van der Waals surface area contributed by atoms with Gasteiger partial charge in [-0.15, -0.1) is 0 Å². The van der Waals surface area contributed by atoms with Crippen LogP contribution in [0.15, 0.2) is 18.2 Å². The number of carbonyl (C=O) groups excluding carboxylic acids is 1. The van der Waals surface area contributed by atoms with Crippen molar-refractivity contribution in [3.63, 3.8) is 0 Å². The number of rotatable bonds is 4. The summed E-state index contributed by atoms with van der Waals surface area (Å²) in [4.78, 5) is 14.8. The number of para-hydroxylation sites is 1. The first kappa shape index (κ1) is 18.6. The SMILES string of the molecule is O=C(C1CCCCC1)N1CCC(NCc2cccc3c2OCCCO3)CC1. The Labute approximate surface area is 162 Å². The van der Waals surface area contributed by atoms with E-state index in [-0.39, 0.29) is 0 Å². The summed E-state index contributed by atoms with van der Waals surface area (Å²) >= 11 is 0. The Hall–Kier alpha value is -1.75. The van der Waals surface area contributed by atoms with Crippen molar-refractivity contribution in [2.24, 2.45) is 5.92 Å². The number of amides is 1. The lowest BCUT2D eigenvalue weighted by Crippen LogP contribution is -2.46. The van der Waals surface area contributed by atoms with Crippen LogP contribution in [0, 0.1) is 5.92 Å². The smallest absolute Gasteiger partial charge is 0.225 e. The van der Waals surface area contributed by atoms with E-state index in [9.17, 15) is 4.79 Å². The second kappa shape index (κ2) is 8.96. The molecule has 2 heterocycles. The zero-order chi connectivity index (χ0) is 18.5. The van der Waals surface area contributed by atoms with Gasteiger partial charge in [0.05, 0.1) is 13.2 Å². The van der Waals surface area contributed by atoms with Gasteiger partial charge < -0.3 is 19.7 Å². The summed E-state index contributed by atoms with van der Waals surface area (Å²) in [6, 6.07) is 6.60. The fourth-order valence-corrected chi connectivity index (χ4v) is 4.56. The molecule has 2 aliphatic heterocycles. The Bertz CT molecular complexity index is 634. The quantitative estimate of drug-likeness (QED) is 0.879. The van der Waals surface area contributed by atoms with E-state index in [1.54, 1.807) is 0 Å². The molecule has 0 atom stereocenters. The van der Waals surface area contributed by atoms with Gasteiger partial charge >= 0.3 is 0 Å². The number of ether oxygens (including phenoxy) is 2. The van der Waals surface area contributed by atoms with Crippen LogP contribution < -0.4 is 14.8 Å². The van der Waals surface area contributed by atoms with Crippen molar-refractivity contribution in [2.75, 3.05) is 26.3 Å². The maximum Gasteiger partial charge on any atom is 0.225 e. The normalized spacial score (nSPS) is 21.7. The van der Waals surface area contributed by atoms with Crippen LogP contribution in [-0.4, -0.2) is 43.2 Å². The molecule has 4 rings (SSSR count). The van der Waals surface area contributed by atoms with Gasteiger partial charge in [-0.05, 0) is 31.7 Å². The van der Waals surface area contributed by atoms with Gasteiger partial charge in [-0.2, -0.15) is 0 Å². The largest absolute Gasteiger partial charge is 0.490 e. The van der Waals surface area contributed by atoms with E-state index < -0.39 is 0 Å². The lowest BCUT2D eigenvalue weighted by molar-refractivity contribution is -0.137. The van der Waals surface area contributed by atoms with E-state index >= 15 is 0 Å². The van der Waals surface area contributed by atoms with Crippen molar-refractivity contribution in [1.82, 2.24) is 10.2 Å². The maximum atomic E-state index is 12.7. The first-order valence-corrected chi connectivity index (χ1v) is 10.7. The first-order valence-electron chi connectivity index (χ1n) is 10.7. The van der Waals surface area contributed by atoms with Crippen LogP contribution in [0.3, 0.4) is 0 Å². The number of carbonyl (C=O) groups is 1. The Balaban J connectivity index is 1.27. The molecule has 3 aliphatic rings. The minimum atomic E-state index is 0.292. The molecule has 1 amide bonds. The van der Waals surface area contributed by atoms with Crippen molar-refractivity contribution in [1.29, 1.82) is 0 Å². The number of hydrogen-bond donors (Lipinski definition) is 1. The molecule has 0 radical (unpaired) electrons. The lowest BCUT2D eigenvalue weighted by atomic mass is 9.87. The highest BCUT2D eigenvalue weighted by Gasteiger charge is 2.29. The van der Waals surface area contributed by atoms with Gasteiger partial charge in [-0.25, -0.2) is 0 Å². The molecule has 0 aromatic heterocycles. The third-order valence-corrected chi connectivity index (χ3v) is 6.20. The van der Waals surface area contributed by atoms with Gasteiger partial charge in [0.25, 0.3) is 0 Å². The third kappa shape index (κ3) is 4.57. The average Bonchev–Trinajstić information content (AvgIpc) is 2.99. The maximum absolute atomic E-state index is 12.7. The van der Waals surface area contributed by atoms with E-state index in [2.05, 4.69) is 16.3 Å². The number of fused-ring (bicyclic) bond motifs is 1. The van der Waals surface area contributed by atoms with Crippen LogP contribution in [0.25, 0.3) is 0 Å². The number of likely N-dealkylation sites (tertiary alicyclic amines) is 1. The van der Waals surface area contributed by atoms with Gasteiger partial charge in [-0.3, -0.25) is 4.79 Å². The monoisotopic (exact) mass is 372 g/mol. The molecule has 0 spiro atoms. The second-order valence-electron chi connectivity index (χ2n) is 8.11. The number of hydrogen-bond acceptors (Lipinski definition) is 4. The van der Waals surface area contributed by atoms with Crippen molar-refractivity contribution < 1.29 is 14.3 Å². The van der Waals surface area contributed by atoms with Gasteiger partial charge in [-0.1, -0.05) is 31.4 Å². The van der Waals surface area contributed by atoms with Crippen molar-refractivity contribution in [3.05, 3.63) is 23.8 Å². The van der Waals surface area contributed by atoms with Gasteiger partial charge in [0.2, 0.25) is 5.91 Å². The fraction of sp³-hybridized carbons (Fsp3) is 0.682. The fourth-order valence-electron chi connectivity index (χ4n) is 4.56. The molecule has 1 N–H and O–H groups in total. The summed E-state index contributed by atoms with van der Waals surface area (Å²) < 4.78 is 11.7. The van der Waals surface area contributed by atoms with E-state index in [1.165, 1.54) is 19.3 Å². The van der Waals surface area contributed by atoms with Crippen molar-refractivity contribution in [3.8, 4) is 11.5 Å². The molecular formula is C22H32N2O3. The van der Waals surface area contributed by atoms with Crippen LogP contribution in [0.4, 0.5) is 0 Å². The zero-order valence-electron chi connectivity index (χ0n) is 16.3. The van der Waals surface area contributed by atoms with Gasteiger partial charge in [0.15, 0.2) is 11.5 Å². The second-order valence-corrected chi connectivity index (χ2v) is 8.11. The molecule has 2 fully saturated rings. The summed E-state index contributed by atoms with van der Waals surface area (Å²) in [5.74, 6) is 2.46. The topological polar surface area (TPSA) is 50.8 Å². The molecule has 1 saturated heterocycles. The van der Waals surface area contributed by atoms with Crippen LogP contribution >= 0.6 is 0 Å². The van der Waals surface area contributed by atoms with E-state index in [1.807, 2.05) is 12.1 Å². The highest BCUT2D eigenvalue weighted by Crippen LogP contribution is 2.33. The molecule has 1 aromatic rings. The van der Waals surface area contributed by atoms with E-state index in [4.69, 9.17) is 9.47 Å². The molecule has 5 nitrogen and oxygen atoms in total. The molecule has 0 bridgehead atoms. The van der Waals surface area contributed by atoms with Crippen molar-refractivity contribution >= 4 is 5.91 Å². The predicted molar refractivity (Wildman–Crippen MR) is 105 cm³/mol.